The third-order valence-corrected chi connectivity index (χ3v) is 5.54. The summed E-state index contributed by atoms with van der Waals surface area (Å²) >= 11 is 0. The van der Waals surface area contributed by atoms with Gasteiger partial charge < -0.3 is 0 Å². The summed E-state index contributed by atoms with van der Waals surface area (Å²) in [5.74, 6) is 0.123. The molecule has 124 valence electrons. The molecule has 25 heavy (non-hydrogen) atoms. The van der Waals surface area contributed by atoms with Gasteiger partial charge in [-0.3, -0.25) is 9.59 Å². The Morgan fingerprint density at radius 3 is 2.44 bits per heavy atom. The van der Waals surface area contributed by atoms with Crippen molar-refractivity contribution in [1.82, 2.24) is 9.78 Å². The van der Waals surface area contributed by atoms with Gasteiger partial charge in [0.2, 0.25) is 0 Å². The number of fused-ring (bicyclic) bond motifs is 2. The Hall–Kier alpha value is -2.75. The fourth-order valence-electron chi connectivity index (χ4n) is 4.27. The van der Waals surface area contributed by atoms with Crippen molar-refractivity contribution in [3.8, 4) is 11.3 Å². The van der Waals surface area contributed by atoms with Crippen molar-refractivity contribution in [3.05, 3.63) is 53.6 Å². The van der Waals surface area contributed by atoms with Crippen molar-refractivity contribution in [2.75, 3.05) is 0 Å². The van der Waals surface area contributed by atoms with E-state index in [0.717, 1.165) is 47.8 Å². The molecule has 4 nitrogen and oxygen atoms in total. The molecule has 3 aromatic rings. The molecule has 0 aliphatic heterocycles. The van der Waals surface area contributed by atoms with Crippen LogP contribution in [-0.2, 0) is 0 Å². The second-order valence-electron chi connectivity index (χ2n) is 7.01. The molecule has 0 unspecified atom stereocenters. The molecule has 1 saturated carbocycles. The van der Waals surface area contributed by atoms with E-state index in [-0.39, 0.29) is 17.6 Å². The molecule has 0 N–H and O–H groups in total. The number of hydrogen-bond acceptors (Lipinski definition) is 3. The van der Waals surface area contributed by atoms with Crippen LogP contribution >= 0.6 is 0 Å². The van der Waals surface area contributed by atoms with Crippen LogP contribution in [0.1, 0.15) is 52.8 Å². The average molecular weight is 330 g/mol. The fourth-order valence-corrected chi connectivity index (χ4v) is 4.27. The van der Waals surface area contributed by atoms with Gasteiger partial charge in [-0.2, -0.15) is 9.78 Å². The highest BCUT2D eigenvalue weighted by atomic mass is 16.2. The van der Waals surface area contributed by atoms with Crippen LogP contribution < -0.4 is 0 Å². The maximum atomic E-state index is 13.1. The van der Waals surface area contributed by atoms with Gasteiger partial charge in [0.1, 0.15) is 5.69 Å². The van der Waals surface area contributed by atoms with Crippen LogP contribution in [0, 0.1) is 5.92 Å². The van der Waals surface area contributed by atoms with E-state index in [1.54, 1.807) is 4.68 Å². The minimum atomic E-state index is 0.0124. The van der Waals surface area contributed by atoms with Crippen molar-refractivity contribution >= 4 is 22.6 Å². The van der Waals surface area contributed by atoms with Gasteiger partial charge in [0, 0.05) is 28.0 Å². The molecular weight excluding hydrogens is 312 g/mol. The van der Waals surface area contributed by atoms with Crippen LogP contribution in [0.3, 0.4) is 0 Å². The molecule has 2 aliphatic rings. The van der Waals surface area contributed by atoms with Gasteiger partial charge in [0.15, 0.2) is 5.78 Å². The quantitative estimate of drug-likeness (QED) is 0.517. The third kappa shape index (κ3) is 2.03. The summed E-state index contributed by atoms with van der Waals surface area (Å²) in [5, 5.41) is 5.50. The van der Waals surface area contributed by atoms with E-state index in [1.807, 2.05) is 42.5 Å². The third-order valence-electron chi connectivity index (χ3n) is 5.54. The first-order chi connectivity index (χ1) is 12.3. The number of rotatable bonds is 1. The van der Waals surface area contributed by atoms with Crippen molar-refractivity contribution in [3.63, 3.8) is 0 Å². The lowest BCUT2D eigenvalue weighted by Crippen LogP contribution is -2.24. The maximum Gasteiger partial charge on any atom is 0.250 e. The number of aromatic nitrogens is 2. The van der Waals surface area contributed by atoms with E-state index >= 15 is 0 Å². The zero-order chi connectivity index (χ0) is 17.0. The SMILES string of the molecule is O=C1c2ccccc2-c2nn(C(=O)C3CCCCC3)c3cccc1c23. The summed E-state index contributed by atoms with van der Waals surface area (Å²) in [5.41, 5.74) is 3.65. The van der Waals surface area contributed by atoms with Gasteiger partial charge in [-0.15, -0.1) is 0 Å². The normalized spacial score (nSPS) is 16.9. The van der Waals surface area contributed by atoms with Crippen molar-refractivity contribution in [1.29, 1.82) is 0 Å². The molecule has 0 atom stereocenters. The first kappa shape index (κ1) is 14.6. The Balaban J connectivity index is 1.75. The molecule has 5 rings (SSSR count). The molecule has 4 heteroatoms. The standard InChI is InChI=1S/C21H18N2O2/c24-20-15-10-5-4-9-14(15)19-18-16(20)11-6-12-17(18)23(22-19)21(25)13-7-2-1-3-8-13/h4-6,9-13H,1-3,7-8H2. The highest BCUT2D eigenvalue weighted by Gasteiger charge is 2.31. The van der Waals surface area contributed by atoms with Crippen LogP contribution in [0.25, 0.3) is 22.2 Å². The van der Waals surface area contributed by atoms with Gasteiger partial charge in [-0.25, -0.2) is 0 Å². The minimum absolute atomic E-state index is 0.0124. The summed E-state index contributed by atoms with van der Waals surface area (Å²) in [6, 6.07) is 13.1. The fraction of sp³-hybridized carbons (Fsp3) is 0.286. The Morgan fingerprint density at radius 2 is 1.64 bits per heavy atom. The lowest BCUT2D eigenvalue weighted by Gasteiger charge is -2.20. The van der Waals surface area contributed by atoms with Crippen molar-refractivity contribution in [2.24, 2.45) is 5.92 Å². The van der Waals surface area contributed by atoms with E-state index in [2.05, 4.69) is 5.10 Å². The van der Waals surface area contributed by atoms with Gasteiger partial charge in [-0.1, -0.05) is 55.7 Å². The molecule has 0 saturated heterocycles. The van der Waals surface area contributed by atoms with Crippen LogP contribution in [0.2, 0.25) is 0 Å². The van der Waals surface area contributed by atoms with Gasteiger partial charge in [0.05, 0.1) is 5.52 Å². The van der Waals surface area contributed by atoms with Gasteiger partial charge in [0.25, 0.3) is 5.91 Å². The summed E-state index contributed by atoms with van der Waals surface area (Å²) in [6.45, 7) is 0. The second-order valence-corrected chi connectivity index (χ2v) is 7.01. The van der Waals surface area contributed by atoms with E-state index < -0.39 is 0 Å². The number of ketones is 1. The predicted octanol–water partition coefficient (Wildman–Crippen LogP) is 4.47. The minimum Gasteiger partial charge on any atom is -0.289 e. The number of benzene rings is 2. The number of nitrogens with zero attached hydrogens (tertiary/aromatic N) is 2. The lowest BCUT2D eigenvalue weighted by atomic mass is 9.87. The first-order valence-electron chi connectivity index (χ1n) is 8.96. The van der Waals surface area contributed by atoms with E-state index in [0.29, 0.717) is 11.1 Å². The van der Waals surface area contributed by atoms with Crippen LogP contribution in [0.15, 0.2) is 42.5 Å². The molecule has 0 bridgehead atoms. The van der Waals surface area contributed by atoms with Crippen LogP contribution in [-0.4, -0.2) is 21.5 Å². The van der Waals surface area contributed by atoms with E-state index in [1.165, 1.54) is 6.42 Å². The monoisotopic (exact) mass is 330 g/mol. The number of hydrogen-bond donors (Lipinski definition) is 0. The molecule has 1 heterocycles. The Labute approximate surface area is 145 Å². The summed E-state index contributed by atoms with van der Waals surface area (Å²) in [4.78, 5) is 25.9. The zero-order valence-corrected chi connectivity index (χ0v) is 13.9. The zero-order valence-electron chi connectivity index (χ0n) is 13.9. The Kier molecular flexibility index (Phi) is 3.14. The summed E-state index contributed by atoms with van der Waals surface area (Å²) < 4.78 is 1.56. The maximum absolute atomic E-state index is 13.1. The van der Waals surface area contributed by atoms with Crippen LogP contribution in [0.4, 0.5) is 0 Å². The topological polar surface area (TPSA) is 52.0 Å². The summed E-state index contributed by atoms with van der Waals surface area (Å²) in [7, 11) is 0. The number of carbonyl (C=O) groups is 2. The van der Waals surface area contributed by atoms with Crippen molar-refractivity contribution in [2.45, 2.75) is 32.1 Å². The molecule has 1 aromatic heterocycles. The molecule has 0 amide bonds. The number of carbonyl (C=O) groups excluding carboxylic acids is 2. The molecular formula is C21H18N2O2. The summed E-state index contributed by atoms with van der Waals surface area (Å²) in [6.07, 6.45) is 5.29. The predicted molar refractivity (Wildman–Crippen MR) is 95.8 cm³/mol. The lowest BCUT2D eigenvalue weighted by molar-refractivity contribution is 0.0791. The van der Waals surface area contributed by atoms with Gasteiger partial charge in [-0.05, 0) is 18.9 Å². The highest BCUT2D eigenvalue weighted by Crippen LogP contribution is 2.39. The molecule has 2 aromatic carbocycles. The average Bonchev–Trinajstić information content (AvgIpc) is 3.07. The second kappa shape index (κ2) is 5.38. The molecule has 2 aliphatic carbocycles. The smallest absolute Gasteiger partial charge is 0.250 e. The largest absolute Gasteiger partial charge is 0.289 e. The first-order valence-corrected chi connectivity index (χ1v) is 8.96. The highest BCUT2D eigenvalue weighted by molar-refractivity contribution is 6.25. The molecule has 1 fully saturated rings. The Morgan fingerprint density at radius 1 is 0.920 bits per heavy atom. The molecule has 0 radical (unpaired) electrons. The Bertz CT molecular complexity index is 1030. The van der Waals surface area contributed by atoms with Crippen LogP contribution in [0.5, 0.6) is 0 Å². The van der Waals surface area contributed by atoms with E-state index in [4.69, 9.17) is 0 Å². The van der Waals surface area contributed by atoms with Gasteiger partial charge >= 0.3 is 0 Å². The van der Waals surface area contributed by atoms with E-state index in [9.17, 15) is 9.59 Å². The van der Waals surface area contributed by atoms with Crippen molar-refractivity contribution < 1.29 is 9.59 Å². The molecule has 0 spiro atoms.